The number of aryl methyl sites for hydroxylation is 3. The predicted octanol–water partition coefficient (Wildman–Crippen LogP) is 6.18. The number of likely N-dealkylation sites (N-methyl/N-ethyl adjacent to an activating group) is 1. The van der Waals surface area contributed by atoms with Gasteiger partial charge < -0.3 is 10.2 Å². The SMILES string of the molecule is CCN1c2cc(C)c(/C=C(\C#N)C(=O)Nc3ccc(C)c(C)c3)cc2C(C)=CC1(C)C. The number of nitriles is 1. The second-order valence-corrected chi connectivity index (χ2v) is 8.87. The average Bonchev–Trinajstić information content (AvgIpc) is 2.69. The zero-order valence-corrected chi connectivity index (χ0v) is 19.6. The van der Waals surface area contributed by atoms with E-state index in [9.17, 15) is 10.1 Å². The molecule has 1 N–H and O–H groups in total. The summed E-state index contributed by atoms with van der Waals surface area (Å²) in [6.45, 7) is 15.7. The summed E-state index contributed by atoms with van der Waals surface area (Å²) in [5.74, 6) is -0.397. The first kappa shape index (κ1) is 22.4. The number of hydrogen-bond donors (Lipinski definition) is 1. The van der Waals surface area contributed by atoms with E-state index >= 15 is 0 Å². The largest absolute Gasteiger partial charge is 0.363 e. The normalized spacial score (nSPS) is 15.1. The van der Waals surface area contributed by atoms with Gasteiger partial charge in [0.1, 0.15) is 11.6 Å². The van der Waals surface area contributed by atoms with Crippen LogP contribution in [0.3, 0.4) is 0 Å². The molecule has 0 radical (unpaired) electrons. The molecule has 0 aliphatic carbocycles. The lowest BCUT2D eigenvalue weighted by atomic mass is 9.86. The Hall–Kier alpha value is -3.32. The molecule has 0 aromatic heterocycles. The quantitative estimate of drug-likeness (QED) is 0.481. The first-order valence-electron chi connectivity index (χ1n) is 10.7. The van der Waals surface area contributed by atoms with Gasteiger partial charge in [-0.1, -0.05) is 12.1 Å². The van der Waals surface area contributed by atoms with Gasteiger partial charge in [-0.25, -0.2) is 0 Å². The fraction of sp³-hybridized carbons (Fsp3) is 0.333. The van der Waals surface area contributed by atoms with E-state index in [1.165, 1.54) is 11.3 Å². The highest BCUT2D eigenvalue weighted by molar-refractivity contribution is 6.10. The number of benzene rings is 2. The maximum absolute atomic E-state index is 12.8. The number of amides is 1. The molecule has 4 heteroatoms. The Balaban J connectivity index is 1.98. The number of nitrogens with one attached hydrogen (secondary N) is 1. The fourth-order valence-electron chi connectivity index (χ4n) is 4.30. The summed E-state index contributed by atoms with van der Waals surface area (Å²) in [5.41, 5.74) is 8.44. The predicted molar refractivity (Wildman–Crippen MR) is 130 cm³/mol. The van der Waals surface area contributed by atoms with Crippen LogP contribution in [0, 0.1) is 32.1 Å². The van der Waals surface area contributed by atoms with Gasteiger partial charge in [-0.2, -0.15) is 5.26 Å². The van der Waals surface area contributed by atoms with E-state index in [-0.39, 0.29) is 11.1 Å². The number of carbonyl (C=O) groups is 1. The standard InChI is InChI=1S/C27H31N3O/c1-8-30-25-12-19(4)21(14-24(25)20(5)15-27(30,6)7)13-22(16-28)26(31)29-23-10-9-17(2)18(3)11-23/h9-15H,8H2,1-7H3,(H,29,31)/b22-13+. The van der Waals surface area contributed by atoms with Crippen LogP contribution in [-0.2, 0) is 4.79 Å². The molecule has 3 rings (SSSR count). The van der Waals surface area contributed by atoms with E-state index in [0.29, 0.717) is 5.69 Å². The molecule has 0 unspecified atom stereocenters. The molecular weight excluding hydrogens is 382 g/mol. The number of carbonyl (C=O) groups excluding carboxylic acids is 1. The van der Waals surface area contributed by atoms with Crippen molar-refractivity contribution in [2.75, 3.05) is 16.8 Å². The van der Waals surface area contributed by atoms with Crippen LogP contribution < -0.4 is 10.2 Å². The van der Waals surface area contributed by atoms with E-state index < -0.39 is 5.91 Å². The number of nitrogens with zero attached hydrogens (tertiary/aromatic N) is 2. The van der Waals surface area contributed by atoms with Gasteiger partial charge in [0.25, 0.3) is 5.91 Å². The minimum atomic E-state index is -0.397. The van der Waals surface area contributed by atoms with Crippen molar-refractivity contribution in [2.24, 2.45) is 0 Å². The Morgan fingerprint density at radius 2 is 1.81 bits per heavy atom. The zero-order valence-electron chi connectivity index (χ0n) is 19.6. The highest BCUT2D eigenvalue weighted by Gasteiger charge is 2.30. The third kappa shape index (κ3) is 4.41. The number of allylic oxidation sites excluding steroid dienone is 1. The van der Waals surface area contributed by atoms with Gasteiger partial charge in [0.15, 0.2) is 0 Å². The molecular formula is C27H31N3O. The molecule has 0 saturated heterocycles. The maximum Gasteiger partial charge on any atom is 0.266 e. The van der Waals surface area contributed by atoms with E-state index in [4.69, 9.17) is 0 Å². The summed E-state index contributed by atoms with van der Waals surface area (Å²) < 4.78 is 0. The second-order valence-electron chi connectivity index (χ2n) is 8.87. The Morgan fingerprint density at radius 1 is 1.10 bits per heavy atom. The third-order valence-electron chi connectivity index (χ3n) is 6.11. The lowest BCUT2D eigenvalue weighted by Gasteiger charge is -2.43. The van der Waals surface area contributed by atoms with Crippen LogP contribution in [0.4, 0.5) is 11.4 Å². The topological polar surface area (TPSA) is 56.1 Å². The highest BCUT2D eigenvalue weighted by atomic mass is 16.1. The van der Waals surface area contributed by atoms with Gasteiger partial charge in [-0.3, -0.25) is 4.79 Å². The lowest BCUT2D eigenvalue weighted by molar-refractivity contribution is -0.112. The lowest BCUT2D eigenvalue weighted by Crippen LogP contribution is -2.44. The molecule has 0 saturated carbocycles. The molecule has 1 aliphatic rings. The van der Waals surface area contributed by atoms with Crippen molar-refractivity contribution in [3.05, 3.63) is 69.8 Å². The van der Waals surface area contributed by atoms with Crippen LogP contribution in [0.25, 0.3) is 11.6 Å². The zero-order chi connectivity index (χ0) is 22.9. The Labute approximate surface area is 185 Å². The monoisotopic (exact) mass is 413 g/mol. The number of fused-ring (bicyclic) bond motifs is 1. The van der Waals surface area contributed by atoms with Crippen LogP contribution in [0.5, 0.6) is 0 Å². The van der Waals surface area contributed by atoms with Gasteiger partial charge in [0.05, 0.1) is 5.54 Å². The van der Waals surface area contributed by atoms with E-state index in [0.717, 1.165) is 34.4 Å². The molecule has 160 valence electrons. The summed E-state index contributed by atoms with van der Waals surface area (Å²) in [5, 5.41) is 12.5. The van der Waals surface area contributed by atoms with Crippen LogP contribution in [0.1, 0.15) is 55.5 Å². The van der Waals surface area contributed by atoms with Crippen molar-refractivity contribution >= 4 is 28.9 Å². The van der Waals surface area contributed by atoms with Gasteiger partial charge >= 0.3 is 0 Å². The van der Waals surface area contributed by atoms with Crippen LogP contribution in [-0.4, -0.2) is 18.0 Å². The molecule has 0 spiro atoms. The first-order chi connectivity index (χ1) is 14.6. The van der Waals surface area contributed by atoms with Crippen molar-refractivity contribution in [1.82, 2.24) is 0 Å². The van der Waals surface area contributed by atoms with Crippen molar-refractivity contribution < 1.29 is 4.79 Å². The van der Waals surface area contributed by atoms with Crippen LogP contribution in [0.2, 0.25) is 0 Å². The van der Waals surface area contributed by atoms with Crippen molar-refractivity contribution in [2.45, 2.75) is 54.0 Å². The summed E-state index contributed by atoms with van der Waals surface area (Å²) >= 11 is 0. The van der Waals surface area contributed by atoms with E-state index in [2.05, 4.69) is 62.2 Å². The molecule has 31 heavy (non-hydrogen) atoms. The smallest absolute Gasteiger partial charge is 0.266 e. The first-order valence-corrected chi connectivity index (χ1v) is 10.7. The fourth-order valence-corrected chi connectivity index (χ4v) is 4.30. The maximum atomic E-state index is 12.8. The van der Waals surface area contributed by atoms with Crippen LogP contribution in [0.15, 0.2) is 42.0 Å². The summed E-state index contributed by atoms with van der Waals surface area (Å²) in [6, 6.07) is 12.1. The average molecular weight is 414 g/mol. The Bertz CT molecular complexity index is 1150. The molecule has 0 bridgehead atoms. The molecule has 0 fully saturated rings. The van der Waals surface area contributed by atoms with Crippen LogP contribution >= 0.6 is 0 Å². The van der Waals surface area contributed by atoms with Crippen molar-refractivity contribution in [1.29, 1.82) is 5.26 Å². The summed E-state index contributed by atoms with van der Waals surface area (Å²) in [7, 11) is 0. The van der Waals surface area contributed by atoms with Crippen molar-refractivity contribution in [3.63, 3.8) is 0 Å². The molecule has 2 aromatic carbocycles. The third-order valence-corrected chi connectivity index (χ3v) is 6.11. The molecule has 2 aromatic rings. The molecule has 1 aliphatic heterocycles. The minimum Gasteiger partial charge on any atom is -0.363 e. The number of rotatable bonds is 4. The molecule has 1 amide bonds. The second kappa shape index (κ2) is 8.43. The summed E-state index contributed by atoms with van der Waals surface area (Å²) in [4.78, 5) is 15.2. The molecule has 1 heterocycles. The number of hydrogen-bond acceptors (Lipinski definition) is 3. The number of anilines is 2. The van der Waals surface area contributed by atoms with E-state index in [1.807, 2.05) is 39.0 Å². The highest BCUT2D eigenvalue weighted by Crippen LogP contribution is 2.40. The Morgan fingerprint density at radius 3 is 2.42 bits per heavy atom. The van der Waals surface area contributed by atoms with Gasteiger partial charge in [-0.05, 0) is 107 Å². The summed E-state index contributed by atoms with van der Waals surface area (Å²) in [6.07, 6.45) is 3.97. The minimum absolute atomic E-state index is 0.0561. The van der Waals surface area contributed by atoms with Gasteiger partial charge in [0.2, 0.25) is 0 Å². The molecule has 0 atom stereocenters. The Kier molecular flexibility index (Phi) is 6.08. The molecule has 4 nitrogen and oxygen atoms in total. The van der Waals surface area contributed by atoms with Gasteiger partial charge in [-0.15, -0.1) is 0 Å². The van der Waals surface area contributed by atoms with Crippen molar-refractivity contribution in [3.8, 4) is 6.07 Å². The van der Waals surface area contributed by atoms with Gasteiger partial charge in [0, 0.05) is 23.5 Å². The van der Waals surface area contributed by atoms with E-state index in [1.54, 1.807) is 6.08 Å².